The summed E-state index contributed by atoms with van der Waals surface area (Å²) >= 11 is 1.06. The van der Waals surface area contributed by atoms with E-state index in [0.717, 1.165) is 16.8 Å². The molecule has 1 heterocycles. The summed E-state index contributed by atoms with van der Waals surface area (Å²) in [5, 5.41) is 6.84. The van der Waals surface area contributed by atoms with Gasteiger partial charge in [0.2, 0.25) is 0 Å². The Kier molecular flexibility index (Phi) is 7.06. The molecule has 3 aromatic carbocycles. The van der Waals surface area contributed by atoms with E-state index in [-0.39, 0.29) is 17.4 Å². The Labute approximate surface area is 201 Å². The normalized spacial score (nSPS) is 15.1. The Morgan fingerprint density at radius 1 is 1.00 bits per heavy atom. The van der Waals surface area contributed by atoms with Gasteiger partial charge in [-0.1, -0.05) is 30.0 Å². The second-order valence-electron chi connectivity index (χ2n) is 7.28. The zero-order valence-corrected chi connectivity index (χ0v) is 18.9. The maximum absolute atomic E-state index is 14.4. The van der Waals surface area contributed by atoms with Gasteiger partial charge in [-0.2, -0.15) is 5.10 Å². The van der Waals surface area contributed by atoms with Gasteiger partial charge < -0.3 is 10.1 Å². The van der Waals surface area contributed by atoms with E-state index < -0.39 is 46.0 Å². The van der Waals surface area contributed by atoms with Crippen LogP contribution in [0.25, 0.3) is 0 Å². The van der Waals surface area contributed by atoms with Crippen molar-refractivity contribution >= 4 is 28.6 Å². The monoisotopic (exact) mass is 503 g/mol. The number of carbonyl (C=O) groups excluding carboxylic acids is 2. The van der Waals surface area contributed by atoms with Crippen molar-refractivity contribution in [1.82, 2.24) is 10.3 Å². The molecule has 2 amide bonds. The fourth-order valence-electron chi connectivity index (χ4n) is 3.29. The number of halogens is 4. The van der Waals surface area contributed by atoms with E-state index >= 15 is 0 Å². The molecule has 1 N–H and O–H groups in total. The van der Waals surface area contributed by atoms with E-state index in [0.29, 0.717) is 23.3 Å². The lowest BCUT2D eigenvalue weighted by Crippen LogP contribution is -2.29. The van der Waals surface area contributed by atoms with Crippen molar-refractivity contribution in [1.29, 1.82) is 0 Å². The molecule has 6 nitrogen and oxygen atoms in total. The summed E-state index contributed by atoms with van der Waals surface area (Å²) in [4.78, 5) is 24.9. The Bertz CT molecular complexity index is 1290. The predicted molar refractivity (Wildman–Crippen MR) is 122 cm³/mol. The third-order valence-electron chi connectivity index (χ3n) is 4.99. The first-order chi connectivity index (χ1) is 16.8. The molecule has 0 spiro atoms. The number of amides is 2. The van der Waals surface area contributed by atoms with Crippen LogP contribution in [0.3, 0.4) is 0 Å². The van der Waals surface area contributed by atoms with Gasteiger partial charge in [-0.05, 0) is 30.3 Å². The Balaban J connectivity index is 1.77. The SMILES string of the molecule is CNC(=O)COc1ccccc1C1SC(c2ccc(F)cc2)=NN1C(=O)c1c(F)cc(F)cc1F. The number of hydrogen-bond acceptors (Lipinski definition) is 5. The Morgan fingerprint density at radius 2 is 1.66 bits per heavy atom. The molecule has 0 radical (unpaired) electrons. The standard InChI is InChI=1S/C24H17F4N3O3S/c1-29-20(32)12-34-19-5-3-2-4-16(19)24-31(23(33)21-17(27)10-15(26)11-18(21)28)30-22(35-24)13-6-8-14(25)9-7-13/h2-11,24H,12H2,1H3,(H,29,32). The zero-order chi connectivity index (χ0) is 25.1. The number of rotatable bonds is 6. The van der Waals surface area contributed by atoms with Crippen molar-refractivity contribution in [2.24, 2.45) is 5.10 Å². The third-order valence-corrected chi connectivity index (χ3v) is 6.20. The van der Waals surface area contributed by atoms with Crippen LogP contribution in [-0.4, -0.2) is 35.5 Å². The molecule has 0 fully saturated rings. The molecule has 180 valence electrons. The Morgan fingerprint density at radius 3 is 2.31 bits per heavy atom. The molecule has 1 aliphatic heterocycles. The van der Waals surface area contributed by atoms with Crippen molar-refractivity contribution in [3.63, 3.8) is 0 Å². The molecular formula is C24H17F4N3O3S. The molecule has 1 aliphatic rings. The average molecular weight is 503 g/mol. The van der Waals surface area contributed by atoms with Crippen LogP contribution in [0.1, 0.15) is 26.9 Å². The van der Waals surface area contributed by atoms with Gasteiger partial charge in [-0.3, -0.25) is 9.59 Å². The Hall–Kier alpha value is -3.86. The molecule has 1 unspecified atom stereocenters. The lowest BCUT2D eigenvalue weighted by atomic mass is 10.1. The lowest BCUT2D eigenvalue weighted by Gasteiger charge is -2.23. The maximum Gasteiger partial charge on any atom is 0.281 e. The van der Waals surface area contributed by atoms with Gasteiger partial charge >= 0.3 is 0 Å². The van der Waals surface area contributed by atoms with E-state index in [4.69, 9.17) is 4.74 Å². The number of hydrazone groups is 1. The van der Waals surface area contributed by atoms with Gasteiger partial charge in [0.1, 0.15) is 45.0 Å². The van der Waals surface area contributed by atoms with Gasteiger partial charge in [0.25, 0.3) is 11.8 Å². The first kappa shape index (κ1) is 24.3. The third kappa shape index (κ3) is 5.14. The van der Waals surface area contributed by atoms with Crippen LogP contribution in [0.5, 0.6) is 5.75 Å². The molecule has 0 saturated heterocycles. The minimum absolute atomic E-state index is 0.238. The number of carbonyl (C=O) groups is 2. The lowest BCUT2D eigenvalue weighted by molar-refractivity contribution is -0.122. The van der Waals surface area contributed by atoms with Crippen molar-refractivity contribution in [3.8, 4) is 5.75 Å². The summed E-state index contributed by atoms with van der Waals surface area (Å²) < 4.78 is 61.3. The smallest absolute Gasteiger partial charge is 0.281 e. The number of nitrogens with zero attached hydrogens (tertiary/aromatic N) is 2. The predicted octanol–water partition coefficient (Wildman–Crippen LogP) is 4.62. The summed E-state index contributed by atoms with van der Waals surface area (Å²) in [5.41, 5.74) is -0.135. The van der Waals surface area contributed by atoms with Crippen LogP contribution in [-0.2, 0) is 4.79 Å². The van der Waals surface area contributed by atoms with Gasteiger partial charge in [-0.15, -0.1) is 0 Å². The van der Waals surface area contributed by atoms with E-state index in [2.05, 4.69) is 10.4 Å². The summed E-state index contributed by atoms with van der Waals surface area (Å²) in [5.74, 6) is -5.74. The fraction of sp³-hybridized carbons (Fsp3) is 0.125. The van der Waals surface area contributed by atoms with Crippen molar-refractivity contribution in [3.05, 3.63) is 101 Å². The number of hydrogen-bond donors (Lipinski definition) is 1. The summed E-state index contributed by atoms with van der Waals surface area (Å²) in [6, 6.07) is 12.6. The van der Waals surface area contributed by atoms with Crippen molar-refractivity contribution in [2.75, 3.05) is 13.7 Å². The molecule has 3 aromatic rings. The molecular weight excluding hydrogens is 486 g/mol. The minimum Gasteiger partial charge on any atom is -0.483 e. The first-order valence-electron chi connectivity index (χ1n) is 10.2. The largest absolute Gasteiger partial charge is 0.483 e. The highest BCUT2D eigenvalue weighted by Crippen LogP contribution is 2.45. The molecule has 4 rings (SSSR count). The minimum atomic E-state index is -1.38. The summed E-state index contributed by atoms with van der Waals surface area (Å²) in [6.45, 7) is -0.314. The van der Waals surface area contributed by atoms with Crippen LogP contribution >= 0.6 is 11.8 Å². The second-order valence-corrected chi connectivity index (χ2v) is 8.35. The number of ether oxygens (including phenoxy) is 1. The highest BCUT2D eigenvalue weighted by molar-refractivity contribution is 8.14. The van der Waals surface area contributed by atoms with Crippen LogP contribution in [0.2, 0.25) is 0 Å². The molecule has 0 aromatic heterocycles. The van der Waals surface area contributed by atoms with Crippen LogP contribution < -0.4 is 10.1 Å². The number of benzene rings is 3. The highest BCUT2D eigenvalue weighted by atomic mass is 32.2. The average Bonchev–Trinajstić information content (AvgIpc) is 3.27. The van der Waals surface area contributed by atoms with Gasteiger partial charge in [0.15, 0.2) is 6.61 Å². The number of para-hydroxylation sites is 1. The van der Waals surface area contributed by atoms with E-state index in [1.807, 2.05) is 0 Å². The molecule has 1 atom stereocenters. The molecule has 0 aliphatic carbocycles. The van der Waals surface area contributed by atoms with Crippen LogP contribution in [0.4, 0.5) is 17.6 Å². The van der Waals surface area contributed by atoms with E-state index in [1.165, 1.54) is 31.3 Å². The number of thioether (sulfide) groups is 1. The zero-order valence-electron chi connectivity index (χ0n) is 18.1. The number of nitrogens with one attached hydrogen (secondary N) is 1. The number of likely N-dealkylation sites (N-methyl/N-ethyl adjacent to an activating group) is 1. The van der Waals surface area contributed by atoms with E-state index in [1.54, 1.807) is 24.3 Å². The van der Waals surface area contributed by atoms with Crippen LogP contribution in [0, 0.1) is 23.3 Å². The highest BCUT2D eigenvalue weighted by Gasteiger charge is 2.38. The van der Waals surface area contributed by atoms with Crippen molar-refractivity contribution < 1.29 is 31.9 Å². The summed E-state index contributed by atoms with van der Waals surface area (Å²) in [7, 11) is 1.44. The van der Waals surface area contributed by atoms with Crippen LogP contribution in [0.15, 0.2) is 65.8 Å². The van der Waals surface area contributed by atoms with Gasteiger partial charge in [0.05, 0.1) is 0 Å². The molecule has 0 saturated carbocycles. The second kappa shape index (κ2) is 10.2. The first-order valence-corrected chi connectivity index (χ1v) is 11.1. The molecule has 0 bridgehead atoms. The quantitative estimate of drug-likeness (QED) is 0.499. The maximum atomic E-state index is 14.4. The fourth-order valence-corrected chi connectivity index (χ4v) is 4.47. The molecule has 11 heteroatoms. The molecule has 35 heavy (non-hydrogen) atoms. The summed E-state index contributed by atoms with van der Waals surface area (Å²) in [6.07, 6.45) is 0. The van der Waals surface area contributed by atoms with Gasteiger partial charge in [0, 0.05) is 30.3 Å². The van der Waals surface area contributed by atoms with E-state index in [9.17, 15) is 27.2 Å². The topological polar surface area (TPSA) is 71.0 Å². The van der Waals surface area contributed by atoms with Gasteiger partial charge in [-0.25, -0.2) is 22.6 Å². The van der Waals surface area contributed by atoms with Crippen molar-refractivity contribution in [2.45, 2.75) is 5.37 Å².